The maximum absolute atomic E-state index is 12.9. The maximum Gasteiger partial charge on any atom is 0.260 e. The van der Waals surface area contributed by atoms with E-state index in [4.69, 9.17) is 27.9 Å². The Kier molecular flexibility index (Phi) is 7.21. The molecule has 1 aromatic heterocycles. The Balaban J connectivity index is 1.24. The summed E-state index contributed by atoms with van der Waals surface area (Å²) in [6, 6.07) is 27.1. The van der Waals surface area contributed by atoms with Crippen LogP contribution in [0.15, 0.2) is 101 Å². The highest BCUT2D eigenvalue weighted by Gasteiger charge is 2.12. The summed E-state index contributed by atoms with van der Waals surface area (Å²) >= 11 is 12.1. The highest BCUT2D eigenvalue weighted by Crippen LogP contribution is 2.23. The predicted molar refractivity (Wildman–Crippen MR) is 149 cm³/mol. The minimum Gasteiger partial charge on any atom is -0.489 e. The molecule has 0 spiro atoms. The van der Waals surface area contributed by atoms with E-state index < -0.39 is 0 Å². The van der Waals surface area contributed by atoms with E-state index in [1.54, 1.807) is 30.5 Å². The number of hydrogen-bond acceptors (Lipinski definition) is 4. The summed E-state index contributed by atoms with van der Waals surface area (Å²) in [5, 5.41) is 6.35. The predicted octanol–water partition coefficient (Wildman–Crippen LogP) is 6.19. The first kappa shape index (κ1) is 24.6. The molecule has 0 radical (unpaired) electrons. The molecule has 0 bridgehead atoms. The molecule has 5 rings (SSSR count). The minimum absolute atomic E-state index is 0.0126. The molecule has 37 heavy (non-hydrogen) atoms. The number of rotatable bonds is 7. The largest absolute Gasteiger partial charge is 0.489 e. The first-order valence-electron chi connectivity index (χ1n) is 11.5. The van der Waals surface area contributed by atoms with Crippen LogP contribution < -0.4 is 15.6 Å². The lowest BCUT2D eigenvalue weighted by atomic mass is 10.1. The van der Waals surface area contributed by atoms with Crippen LogP contribution in [0.1, 0.15) is 11.1 Å². The SMILES string of the molecule is O=C(Cn1c2ccccc2c(=O)c2ccccc21)N/N=C\c1ccc(OCc2ccc(Cl)cc2Cl)cc1. The van der Waals surface area contributed by atoms with Gasteiger partial charge in [-0.3, -0.25) is 9.59 Å². The average Bonchev–Trinajstić information content (AvgIpc) is 2.91. The van der Waals surface area contributed by atoms with Gasteiger partial charge in [-0.05, 0) is 66.2 Å². The van der Waals surface area contributed by atoms with Crippen molar-refractivity contribution >= 4 is 57.1 Å². The highest BCUT2D eigenvalue weighted by molar-refractivity contribution is 6.35. The van der Waals surface area contributed by atoms with Crippen molar-refractivity contribution in [3.63, 3.8) is 0 Å². The molecule has 0 aliphatic rings. The fraction of sp³-hybridized carbons (Fsp3) is 0.0690. The quantitative estimate of drug-likeness (QED) is 0.155. The van der Waals surface area contributed by atoms with Crippen molar-refractivity contribution in [3.05, 3.63) is 122 Å². The molecule has 6 nitrogen and oxygen atoms in total. The molecule has 8 heteroatoms. The zero-order valence-corrected chi connectivity index (χ0v) is 21.0. The summed E-state index contributed by atoms with van der Waals surface area (Å²) in [7, 11) is 0. The van der Waals surface area contributed by atoms with Crippen molar-refractivity contribution < 1.29 is 9.53 Å². The molecule has 5 aromatic rings. The van der Waals surface area contributed by atoms with Gasteiger partial charge in [0.25, 0.3) is 5.91 Å². The van der Waals surface area contributed by atoms with Gasteiger partial charge in [0.1, 0.15) is 18.9 Å². The van der Waals surface area contributed by atoms with Crippen LogP contribution >= 0.6 is 23.2 Å². The van der Waals surface area contributed by atoms with Gasteiger partial charge in [0.15, 0.2) is 5.43 Å². The Morgan fingerprint density at radius 1 is 0.892 bits per heavy atom. The average molecular weight is 530 g/mol. The van der Waals surface area contributed by atoms with Gasteiger partial charge in [-0.25, -0.2) is 5.43 Å². The van der Waals surface area contributed by atoms with Crippen LogP contribution in [0.3, 0.4) is 0 Å². The molecule has 0 atom stereocenters. The second-order valence-corrected chi connectivity index (χ2v) is 9.18. The number of amides is 1. The fourth-order valence-corrected chi connectivity index (χ4v) is 4.52. The number of benzene rings is 4. The summed E-state index contributed by atoms with van der Waals surface area (Å²) in [5.41, 5.74) is 5.53. The van der Waals surface area contributed by atoms with E-state index in [1.165, 1.54) is 0 Å². The lowest BCUT2D eigenvalue weighted by molar-refractivity contribution is -0.121. The van der Waals surface area contributed by atoms with Gasteiger partial charge in [-0.2, -0.15) is 5.10 Å². The number of fused-ring (bicyclic) bond motifs is 2. The van der Waals surface area contributed by atoms with Crippen LogP contribution in [0.4, 0.5) is 0 Å². The van der Waals surface area contributed by atoms with Crippen molar-refractivity contribution in [1.29, 1.82) is 0 Å². The zero-order chi connectivity index (χ0) is 25.8. The van der Waals surface area contributed by atoms with Crippen molar-refractivity contribution in [2.75, 3.05) is 0 Å². The van der Waals surface area contributed by atoms with Gasteiger partial charge in [0.05, 0.1) is 17.2 Å². The van der Waals surface area contributed by atoms with Crippen molar-refractivity contribution in [3.8, 4) is 5.75 Å². The molecule has 0 saturated carbocycles. The van der Waals surface area contributed by atoms with Crippen LogP contribution in [-0.2, 0) is 17.9 Å². The van der Waals surface area contributed by atoms with Crippen LogP contribution in [0, 0.1) is 0 Å². The number of nitrogens with one attached hydrogen (secondary N) is 1. The normalized spacial score (nSPS) is 11.3. The number of nitrogens with zero attached hydrogens (tertiary/aromatic N) is 2. The second-order valence-electron chi connectivity index (χ2n) is 8.34. The van der Waals surface area contributed by atoms with E-state index in [9.17, 15) is 9.59 Å². The molecule has 1 amide bonds. The van der Waals surface area contributed by atoms with Crippen molar-refractivity contribution in [2.24, 2.45) is 5.10 Å². The van der Waals surface area contributed by atoms with Gasteiger partial charge in [0, 0.05) is 26.4 Å². The van der Waals surface area contributed by atoms with E-state index >= 15 is 0 Å². The molecule has 4 aromatic carbocycles. The van der Waals surface area contributed by atoms with Crippen LogP contribution in [0.2, 0.25) is 10.0 Å². The van der Waals surface area contributed by atoms with E-state index in [1.807, 2.05) is 71.3 Å². The molecular weight excluding hydrogens is 509 g/mol. The summed E-state index contributed by atoms with van der Waals surface area (Å²) < 4.78 is 7.62. The number of carbonyl (C=O) groups excluding carboxylic acids is 1. The number of pyridine rings is 1. The number of ether oxygens (including phenoxy) is 1. The molecule has 1 heterocycles. The molecule has 0 unspecified atom stereocenters. The molecule has 0 aliphatic carbocycles. The minimum atomic E-state index is -0.310. The van der Waals surface area contributed by atoms with Crippen LogP contribution in [-0.4, -0.2) is 16.7 Å². The topological polar surface area (TPSA) is 72.7 Å². The maximum atomic E-state index is 12.9. The molecule has 184 valence electrons. The van der Waals surface area contributed by atoms with Crippen LogP contribution in [0.5, 0.6) is 5.75 Å². The number of hydrogen-bond donors (Lipinski definition) is 1. The first-order chi connectivity index (χ1) is 18.0. The standard InChI is InChI=1S/C29H21Cl2N3O3/c30-21-12-11-20(25(31)15-21)18-37-22-13-9-19(10-14-22)16-32-33-28(35)17-34-26-7-3-1-5-23(26)29(36)24-6-2-4-8-27(24)34/h1-16H,17-18H2,(H,33,35)/b32-16-. The Labute approximate surface area is 222 Å². The number of hydrazone groups is 1. The van der Waals surface area contributed by atoms with Crippen LogP contribution in [0.25, 0.3) is 21.8 Å². The summed E-state index contributed by atoms with van der Waals surface area (Å²) in [5.74, 6) is 0.360. The molecule has 0 aliphatic heterocycles. The van der Waals surface area contributed by atoms with E-state index in [-0.39, 0.29) is 17.9 Å². The van der Waals surface area contributed by atoms with E-state index in [0.717, 1.165) is 11.1 Å². The smallest absolute Gasteiger partial charge is 0.260 e. The van der Waals surface area contributed by atoms with Crippen molar-refractivity contribution in [2.45, 2.75) is 13.2 Å². The molecule has 0 fully saturated rings. The number of halogens is 2. The lowest BCUT2D eigenvalue weighted by Crippen LogP contribution is -2.25. The third-order valence-electron chi connectivity index (χ3n) is 5.87. The second kappa shape index (κ2) is 10.9. The van der Waals surface area contributed by atoms with Gasteiger partial charge < -0.3 is 9.30 Å². The molecular formula is C29H21Cl2N3O3. The Hall–Kier alpha value is -4.13. The van der Waals surface area contributed by atoms with Gasteiger partial charge in [-0.15, -0.1) is 0 Å². The van der Waals surface area contributed by atoms with Gasteiger partial charge in [0.2, 0.25) is 0 Å². The number of aromatic nitrogens is 1. The third kappa shape index (κ3) is 5.50. The van der Waals surface area contributed by atoms with Gasteiger partial charge in [-0.1, -0.05) is 53.5 Å². The molecule has 0 saturated heterocycles. The summed E-state index contributed by atoms with van der Waals surface area (Å²) in [6.45, 7) is 0.326. The lowest BCUT2D eigenvalue weighted by Gasteiger charge is -2.14. The Morgan fingerprint density at radius 2 is 1.54 bits per heavy atom. The highest BCUT2D eigenvalue weighted by atomic mass is 35.5. The van der Waals surface area contributed by atoms with Crippen molar-refractivity contribution in [1.82, 2.24) is 9.99 Å². The summed E-state index contributed by atoms with van der Waals surface area (Å²) in [6.07, 6.45) is 1.55. The Morgan fingerprint density at radius 3 is 2.19 bits per heavy atom. The number of para-hydroxylation sites is 2. The van der Waals surface area contributed by atoms with E-state index in [2.05, 4.69) is 10.5 Å². The first-order valence-corrected chi connectivity index (χ1v) is 12.2. The monoisotopic (exact) mass is 529 g/mol. The number of carbonyl (C=O) groups is 1. The molecule has 1 N–H and O–H groups in total. The summed E-state index contributed by atoms with van der Waals surface area (Å²) in [4.78, 5) is 25.6. The third-order valence-corrected chi connectivity index (χ3v) is 6.46. The zero-order valence-electron chi connectivity index (χ0n) is 19.5. The van der Waals surface area contributed by atoms with Gasteiger partial charge >= 0.3 is 0 Å². The Bertz CT molecular complexity index is 1640. The fourth-order valence-electron chi connectivity index (χ4n) is 4.05. The van der Waals surface area contributed by atoms with E-state index in [0.29, 0.717) is 44.2 Å².